The molecule has 0 spiro atoms. The molecule has 1 saturated heterocycles. The molecule has 0 aromatic heterocycles. The van der Waals surface area contributed by atoms with Crippen LogP contribution in [0.2, 0.25) is 10.0 Å². The van der Waals surface area contributed by atoms with Gasteiger partial charge in [-0.1, -0.05) is 41.4 Å². The quantitative estimate of drug-likeness (QED) is 0.159. The Kier molecular flexibility index (Phi) is 13.3. The van der Waals surface area contributed by atoms with E-state index in [0.717, 1.165) is 24.0 Å². The van der Waals surface area contributed by atoms with Crippen LogP contribution in [-0.4, -0.2) is 42.0 Å². The van der Waals surface area contributed by atoms with Crippen molar-refractivity contribution in [2.75, 3.05) is 7.11 Å². The molecule has 3 aromatic carbocycles. The first-order chi connectivity index (χ1) is 23.0. The summed E-state index contributed by atoms with van der Waals surface area (Å²) in [6.45, 7) is 12.8. The van der Waals surface area contributed by atoms with Crippen molar-refractivity contribution in [2.24, 2.45) is 5.92 Å². The number of hydrogen-bond donors (Lipinski definition) is 2. The zero-order chi connectivity index (χ0) is 35.9. The van der Waals surface area contributed by atoms with Crippen molar-refractivity contribution in [3.63, 3.8) is 0 Å². The number of ether oxygens (including phenoxy) is 3. The summed E-state index contributed by atoms with van der Waals surface area (Å²) < 4.78 is 18.1. The summed E-state index contributed by atoms with van der Waals surface area (Å²) in [6.07, 6.45) is 5.56. The topological polar surface area (TPSA) is 85.9 Å². The second kappa shape index (κ2) is 16.8. The Hall–Kier alpha value is -3.04. The summed E-state index contributed by atoms with van der Waals surface area (Å²) in [7, 11) is 1.57. The highest BCUT2D eigenvalue weighted by atomic mass is 79.9. The Bertz CT molecular complexity index is 1620. The molecule has 0 aliphatic carbocycles. The lowest BCUT2D eigenvalue weighted by Crippen LogP contribution is -2.58. The van der Waals surface area contributed by atoms with Gasteiger partial charge in [-0.2, -0.15) is 0 Å². The number of nitrogens with one attached hydrogen (secondary N) is 2. The van der Waals surface area contributed by atoms with E-state index in [1.54, 1.807) is 37.5 Å². The predicted molar refractivity (Wildman–Crippen MR) is 202 cm³/mol. The Morgan fingerprint density at radius 1 is 1.02 bits per heavy atom. The number of carbonyl (C=O) groups excluding carboxylic acids is 2. The summed E-state index contributed by atoms with van der Waals surface area (Å²) >= 11 is 16.2. The van der Waals surface area contributed by atoms with Crippen molar-refractivity contribution in [1.82, 2.24) is 10.6 Å². The number of ketones is 1. The summed E-state index contributed by atoms with van der Waals surface area (Å²) in [6, 6.07) is 15.8. The highest BCUT2D eigenvalue weighted by Crippen LogP contribution is 2.38. The number of benzene rings is 3. The van der Waals surface area contributed by atoms with E-state index in [1.807, 2.05) is 44.2 Å². The smallest absolute Gasteiger partial charge is 0.244 e. The highest BCUT2D eigenvalue weighted by molar-refractivity contribution is 9.10. The van der Waals surface area contributed by atoms with Gasteiger partial charge >= 0.3 is 0 Å². The van der Waals surface area contributed by atoms with Gasteiger partial charge in [-0.15, -0.1) is 0 Å². The molecule has 1 fully saturated rings. The van der Waals surface area contributed by atoms with E-state index in [1.165, 1.54) is 6.08 Å². The summed E-state index contributed by atoms with van der Waals surface area (Å²) in [5, 5.41) is 7.77. The Balaban J connectivity index is 1.50. The van der Waals surface area contributed by atoms with Crippen LogP contribution in [0.1, 0.15) is 77.5 Å². The van der Waals surface area contributed by atoms with Crippen molar-refractivity contribution >= 4 is 56.9 Å². The molecule has 2 N–H and O–H groups in total. The first-order valence-corrected chi connectivity index (χ1v) is 18.1. The maximum Gasteiger partial charge on any atom is 0.244 e. The lowest BCUT2D eigenvalue weighted by Gasteiger charge is -2.46. The van der Waals surface area contributed by atoms with Crippen molar-refractivity contribution in [1.29, 1.82) is 0 Å². The molecule has 7 nitrogen and oxygen atoms in total. The molecule has 1 amide bonds. The average Bonchev–Trinajstić information content (AvgIpc) is 2.99. The first-order valence-electron chi connectivity index (χ1n) is 16.5. The van der Waals surface area contributed by atoms with Crippen LogP contribution in [0.4, 0.5) is 0 Å². The fourth-order valence-corrected chi connectivity index (χ4v) is 7.77. The van der Waals surface area contributed by atoms with E-state index < -0.39 is 6.04 Å². The minimum absolute atomic E-state index is 0.00791. The van der Waals surface area contributed by atoms with Crippen LogP contribution >= 0.6 is 39.1 Å². The summed E-state index contributed by atoms with van der Waals surface area (Å²) in [5.74, 6) is 1.62. The first kappa shape index (κ1) is 38.8. The normalized spacial score (nSPS) is 16.4. The van der Waals surface area contributed by atoms with Crippen LogP contribution in [0, 0.1) is 5.92 Å². The van der Waals surface area contributed by atoms with Gasteiger partial charge < -0.3 is 24.8 Å². The molecule has 1 unspecified atom stereocenters. The number of piperidine rings is 1. The Morgan fingerprint density at radius 2 is 1.65 bits per heavy atom. The van der Waals surface area contributed by atoms with Crippen LogP contribution < -0.4 is 24.8 Å². The van der Waals surface area contributed by atoms with Crippen LogP contribution in [0.3, 0.4) is 0 Å². The molecule has 10 heteroatoms. The minimum atomic E-state index is -0.713. The van der Waals surface area contributed by atoms with E-state index in [2.05, 4.69) is 54.3 Å². The maximum absolute atomic E-state index is 13.9. The van der Waals surface area contributed by atoms with Gasteiger partial charge in [0.1, 0.15) is 12.4 Å². The van der Waals surface area contributed by atoms with Gasteiger partial charge in [0, 0.05) is 39.2 Å². The lowest BCUT2D eigenvalue weighted by atomic mass is 9.73. The zero-order valence-corrected chi connectivity index (χ0v) is 32.4. The van der Waals surface area contributed by atoms with Gasteiger partial charge in [0.25, 0.3) is 0 Å². The molecule has 3 aromatic rings. The van der Waals surface area contributed by atoms with Gasteiger partial charge in [-0.25, -0.2) is 0 Å². The number of methoxy groups -OCH3 is 1. The average molecular weight is 775 g/mol. The van der Waals surface area contributed by atoms with Gasteiger partial charge in [-0.3, -0.25) is 9.59 Å². The number of amides is 1. The predicted octanol–water partition coefficient (Wildman–Crippen LogP) is 9.39. The third-order valence-electron chi connectivity index (χ3n) is 8.31. The number of carbonyl (C=O) groups is 2. The molecule has 1 aliphatic rings. The number of Topliss-reactive ketones (excluding diaryl/α,β-unsaturated/α-hetero) is 1. The van der Waals surface area contributed by atoms with Crippen LogP contribution in [0.5, 0.6) is 17.2 Å². The molecule has 49 heavy (non-hydrogen) atoms. The monoisotopic (exact) mass is 772 g/mol. The molecular formula is C39H47BrCl2N2O5. The second-order valence-corrected chi connectivity index (χ2v) is 15.9. The maximum atomic E-state index is 13.9. The Morgan fingerprint density at radius 3 is 2.24 bits per heavy atom. The molecule has 264 valence electrons. The fourth-order valence-electron chi connectivity index (χ4n) is 6.71. The minimum Gasteiger partial charge on any atom is -0.493 e. The van der Waals surface area contributed by atoms with Gasteiger partial charge in [0.2, 0.25) is 5.91 Å². The lowest BCUT2D eigenvalue weighted by molar-refractivity contribution is -0.126. The SMILES string of the molecule is COc1cc(/C=C/C(=O)NC(Cc2ccc(OCc3c(Cl)cccc3Cl)cc2)C(=O)CC2CC(C)(C)NC(C)(C)C2)cc(Br)c1OC(C)C. The third-order valence-corrected chi connectivity index (χ3v) is 9.61. The molecule has 1 heterocycles. The zero-order valence-electron chi connectivity index (χ0n) is 29.3. The fraction of sp³-hybridized carbons (Fsp3) is 0.436. The number of hydrogen-bond acceptors (Lipinski definition) is 6. The van der Waals surface area contributed by atoms with E-state index in [-0.39, 0.29) is 41.4 Å². The third kappa shape index (κ3) is 11.5. The number of rotatable bonds is 14. The van der Waals surface area contributed by atoms with E-state index >= 15 is 0 Å². The molecule has 1 atom stereocenters. The largest absolute Gasteiger partial charge is 0.493 e. The van der Waals surface area contributed by atoms with Gasteiger partial charge in [0.05, 0.1) is 23.7 Å². The van der Waals surface area contributed by atoms with Gasteiger partial charge in [-0.05, 0) is 136 Å². The van der Waals surface area contributed by atoms with E-state index in [0.29, 0.717) is 50.2 Å². The summed E-state index contributed by atoms with van der Waals surface area (Å²) in [4.78, 5) is 27.3. The van der Waals surface area contributed by atoms with Crippen LogP contribution in [0.25, 0.3) is 6.08 Å². The van der Waals surface area contributed by atoms with Crippen molar-refractivity contribution in [3.05, 3.63) is 91.9 Å². The molecule has 0 saturated carbocycles. The molecule has 1 aliphatic heterocycles. The van der Waals surface area contributed by atoms with Crippen molar-refractivity contribution in [3.8, 4) is 17.2 Å². The van der Waals surface area contributed by atoms with Crippen molar-refractivity contribution in [2.45, 2.75) is 97.1 Å². The Labute approximate surface area is 309 Å². The molecule has 0 bridgehead atoms. The van der Waals surface area contributed by atoms with Crippen LogP contribution in [-0.2, 0) is 22.6 Å². The number of halogens is 3. The van der Waals surface area contributed by atoms with E-state index in [9.17, 15) is 9.59 Å². The molecule has 4 rings (SSSR count). The van der Waals surface area contributed by atoms with Crippen molar-refractivity contribution < 1.29 is 23.8 Å². The van der Waals surface area contributed by atoms with Crippen LogP contribution in [0.15, 0.2) is 65.1 Å². The highest BCUT2D eigenvalue weighted by Gasteiger charge is 2.39. The standard InChI is InChI=1S/C39H47BrCl2N2O5/c1-24(2)49-37-30(40)17-26(20-35(37)47-7)13-16-36(46)43-33(34(45)19-27-21-38(3,4)44-39(5,6)22-27)18-25-11-14-28(15-12-25)48-23-29-31(41)9-8-10-32(29)42/h8-17,20,24,27,33,44H,18-19,21-23H2,1-7H3,(H,43,46)/b16-13+. The van der Waals surface area contributed by atoms with E-state index in [4.69, 9.17) is 37.4 Å². The summed E-state index contributed by atoms with van der Waals surface area (Å²) in [5.41, 5.74) is 2.16. The molecule has 0 radical (unpaired) electrons. The second-order valence-electron chi connectivity index (χ2n) is 14.3. The van der Waals surface area contributed by atoms with Gasteiger partial charge in [0.15, 0.2) is 17.3 Å². The molecular weight excluding hydrogens is 727 g/mol.